The minimum atomic E-state index is -1.39. The predicted octanol–water partition coefficient (Wildman–Crippen LogP) is 5.28. The lowest BCUT2D eigenvalue weighted by Crippen LogP contribution is -2.35. The molecule has 0 spiro atoms. The fraction of sp³-hybridized carbons (Fsp3) is 0.375. The maximum atomic E-state index is 12.6. The molecule has 1 N–H and O–H groups in total. The van der Waals surface area contributed by atoms with E-state index in [-0.39, 0.29) is 5.91 Å². The average Bonchev–Trinajstić information content (AvgIpc) is 3.08. The molecule has 0 saturated heterocycles. The number of benzene rings is 2. The summed E-state index contributed by atoms with van der Waals surface area (Å²) in [7, 11) is 0. The van der Waals surface area contributed by atoms with Crippen molar-refractivity contribution in [1.82, 2.24) is 9.29 Å². The molecule has 2 atom stereocenters. The van der Waals surface area contributed by atoms with Crippen LogP contribution in [0, 0.1) is 13.8 Å². The smallest absolute Gasteiger partial charge is 0.284 e. The number of nitrogens with one attached hydrogen (secondary N) is 1. The summed E-state index contributed by atoms with van der Waals surface area (Å²) in [6.07, 6.45) is 5.80. The second-order valence-electron chi connectivity index (χ2n) is 7.75. The molecule has 0 radical (unpaired) electrons. The number of fused-ring (bicyclic) bond motifs is 1. The minimum Gasteiger partial charge on any atom is -0.593 e. The number of halogens is 1. The van der Waals surface area contributed by atoms with Gasteiger partial charge in [-0.1, -0.05) is 36.7 Å². The monoisotopic (exact) mass is 460 g/mol. The molecule has 5 nitrogen and oxygen atoms in total. The van der Waals surface area contributed by atoms with Crippen molar-refractivity contribution in [1.29, 1.82) is 0 Å². The van der Waals surface area contributed by atoms with Crippen molar-refractivity contribution in [2.24, 2.45) is 0 Å². The molecular formula is C24H29ClN2O3S. The van der Waals surface area contributed by atoms with Crippen LogP contribution in [0.15, 0.2) is 42.6 Å². The summed E-state index contributed by atoms with van der Waals surface area (Å²) in [5, 5.41) is 1.91. The first-order valence-electron chi connectivity index (χ1n) is 10.4. The van der Waals surface area contributed by atoms with Gasteiger partial charge in [-0.2, -0.15) is 4.72 Å². The zero-order valence-corrected chi connectivity index (χ0v) is 20.0. The van der Waals surface area contributed by atoms with Crippen LogP contribution in [0.4, 0.5) is 0 Å². The molecule has 2 aromatic carbocycles. The number of para-hydroxylation sites is 1. The number of aryl methyl sites for hydroxylation is 3. The number of rotatable bonds is 9. The van der Waals surface area contributed by atoms with E-state index < -0.39 is 17.4 Å². The Morgan fingerprint density at radius 3 is 2.58 bits per heavy atom. The largest absolute Gasteiger partial charge is 0.593 e. The number of hydrogen-bond acceptors (Lipinski definition) is 3. The van der Waals surface area contributed by atoms with Gasteiger partial charge in [-0.15, -0.1) is 0 Å². The Bertz CT molecular complexity index is 1040. The Kier molecular flexibility index (Phi) is 7.92. The number of aromatic nitrogens is 1. The van der Waals surface area contributed by atoms with Crippen LogP contribution < -0.4 is 9.46 Å². The van der Waals surface area contributed by atoms with Gasteiger partial charge in [0.05, 0.1) is 18.0 Å². The highest BCUT2D eigenvalue weighted by molar-refractivity contribution is 7.89. The maximum absolute atomic E-state index is 12.6. The molecule has 0 aliphatic heterocycles. The van der Waals surface area contributed by atoms with E-state index in [4.69, 9.17) is 16.3 Å². The number of carbonyl (C=O) groups excluding carboxylic acids is 1. The van der Waals surface area contributed by atoms with Gasteiger partial charge in [0.1, 0.15) is 18.0 Å². The van der Waals surface area contributed by atoms with Crippen molar-refractivity contribution in [3.05, 3.63) is 64.3 Å². The molecule has 1 amide bonds. The van der Waals surface area contributed by atoms with Gasteiger partial charge in [0, 0.05) is 22.1 Å². The van der Waals surface area contributed by atoms with E-state index >= 15 is 0 Å². The Balaban J connectivity index is 1.73. The van der Waals surface area contributed by atoms with E-state index in [1.807, 2.05) is 61.9 Å². The van der Waals surface area contributed by atoms with Gasteiger partial charge in [0.25, 0.3) is 5.91 Å². The highest BCUT2D eigenvalue weighted by Crippen LogP contribution is 2.28. The van der Waals surface area contributed by atoms with Gasteiger partial charge in [-0.05, 0) is 68.0 Å². The normalized spacial score (nSPS) is 13.2. The van der Waals surface area contributed by atoms with Crippen molar-refractivity contribution in [2.45, 2.75) is 46.1 Å². The lowest BCUT2D eigenvalue weighted by Gasteiger charge is -2.17. The summed E-state index contributed by atoms with van der Waals surface area (Å²) in [5.74, 6) is 0.601. The second kappa shape index (κ2) is 10.4. The van der Waals surface area contributed by atoms with E-state index in [1.54, 1.807) is 0 Å². The third kappa shape index (κ3) is 5.56. The van der Waals surface area contributed by atoms with Crippen LogP contribution in [0.2, 0.25) is 5.02 Å². The Morgan fingerprint density at radius 1 is 1.26 bits per heavy atom. The zero-order chi connectivity index (χ0) is 22.5. The molecule has 7 heteroatoms. The highest BCUT2D eigenvalue weighted by atomic mass is 35.5. The molecule has 0 fully saturated rings. The molecule has 1 heterocycles. The summed E-state index contributed by atoms with van der Waals surface area (Å²) in [5.41, 5.74) is 4.20. The number of hydrogen-bond donors (Lipinski definition) is 1. The van der Waals surface area contributed by atoms with Gasteiger partial charge in [-0.25, -0.2) is 0 Å². The van der Waals surface area contributed by atoms with Gasteiger partial charge in [0.15, 0.2) is 0 Å². The third-order valence-corrected chi connectivity index (χ3v) is 6.45. The quantitative estimate of drug-likeness (QED) is 0.348. The van der Waals surface area contributed by atoms with E-state index in [0.29, 0.717) is 13.0 Å². The predicted molar refractivity (Wildman–Crippen MR) is 128 cm³/mol. The SMILES string of the molecule is CCC(C(=O)N[S+](C)[O-])n1cc(CCCOc2cc(C)c(Cl)c(C)c2)c2ccccc21. The van der Waals surface area contributed by atoms with Gasteiger partial charge < -0.3 is 13.9 Å². The topological polar surface area (TPSA) is 66.3 Å². The van der Waals surface area contributed by atoms with Crippen molar-refractivity contribution in [2.75, 3.05) is 12.9 Å². The van der Waals surface area contributed by atoms with Crippen LogP contribution >= 0.6 is 11.6 Å². The van der Waals surface area contributed by atoms with Crippen LogP contribution in [-0.2, 0) is 22.6 Å². The molecule has 0 aliphatic carbocycles. The summed E-state index contributed by atoms with van der Waals surface area (Å²) in [4.78, 5) is 12.6. The molecule has 1 aromatic heterocycles. The fourth-order valence-corrected chi connectivity index (χ4v) is 4.42. The summed E-state index contributed by atoms with van der Waals surface area (Å²) in [6, 6.07) is 11.6. The van der Waals surface area contributed by atoms with Crippen molar-refractivity contribution in [3.63, 3.8) is 0 Å². The van der Waals surface area contributed by atoms with E-state index in [9.17, 15) is 9.35 Å². The number of carbonyl (C=O) groups is 1. The Hall–Kier alpha value is -2.15. The first-order valence-corrected chi connectivity index (χ1v) is 12.4. The molecule has 0 saturated carbocycles. The molecular weight excluding hydrogens is 432 g/mol. The fourth-order valence-electron chi connectivity index (χ4n) is 3.89. The molecule has 0 bridgehead atoms. The van der Waals surface area contributed by atoms with Crippen molar-refractivity contribution < 1.29 is 14.1 Å². The molecule has 0 aliphatic rings. The summed E-state index contributed by atoms with van der Waals surface area (Å²) in [6.45, 7) is 6.50. The number of amides is 1. The van der Waals surface area contributed by atoms with Crippen molar-refractivity contribution in [3.8, 4) is 5.75 Å². The maximum Gasteiger partial charge on any atom is 0.284 e. The highest BCUT2D eigenvalue weighted by Gasteiger charge is 2.23. The average molecular weight is 461 g/mol. The number of nitrogens with zero attached hydrogens (tertiary/aromatic N) is 1. The first-order chi connectivity index (χ1) is 14.8. The Labute approximate surface area is 192 Å². The van der Waals surface area contributed by atoms with Gasteiger partial charge in [0.2, 0.25) is 0 Å². The molecule has 31 heavy (non-hydrogen) atoms. The van der Waals surface area contributed by atoms with Crippen LogP contribution in [0.25, 0.3) is 10.9 Å². The zero-order valence-electron chi connectivity index (χ0n) is 18.4. The summed E-state index contributed by atoms with van der Waals surface area (Å²) >= 11 is 4.85. The van der Waals surface area contributed by atoms with Crippen LogP contribution in [0.5, 0.6) is 5.75 Å². The lowest BCUT2D eigenvalue weighted by atomic mass is 10.1. The van der Waals surface area contributed by atoms with E-state index in [2.05, 4.69) is 10.8 Å². The Morgan fingerprint density at radius 2 is 1.94 bits per heavy atom. The van der Waals surface area contributed by atoms with Crippen molar-refractivity contribution >= 4 is 39.8 Å². The molecule has 2 unspecified atom stereocenters. The van der Waals surface area contributed by atoms with Crippen LogP contribution in [0.3, 0.4) is 0 Å². The lowest BCUT2D eigenvalue weighted by molar-refractivity contribution is -0.122. The number of ether oxygens (including phenoxy) is 1. The summed E-state index contributed by atoms with van der Waals surface area (Å²) < 4.78 is 22.0. The van der Waals surface area contributed by atoms with Crippen LogP contribution in [-0.4, -0.2) is 27.9 Å². The standard InChI is InChI=1S/C24H29ClN2O3S/c1-5-21(24(28)26-31(4)29)27-15-18(20-10-6-7-11-22(20)27)9-8-12-30-19-13-16(2)23(25)17(3)14-19/h6-7,10-11,13-15,21H,5,8-9,12H2,1-4H3,(H,26,28). The minimum absolute atomic E-state index is 0.229. The molecule has 3 rings (SSSR count). The van der Waals surface area contributed by atoms with E-state index in [0.717, 1.165) is 45.6 Å². The molecule has 166 valence electrons. The van der Waals surface area contributed by atoms with Gasteiger partial charge >= 0.3 is 0 Å². The van der Waals surface area contributed by atoms with Gasteiger partial charge in [-0.3, -0.25) is 4.79 Å². The second-order valence-corrected chi connectivity index (χ2v) is 9.24. The van der Waals surface area contributed by atoms with E-state index in [1.165, 1.54) is 11.8 Å². The third-order valence-electron chi connectivity index (χ3n) is 5.36. The first kappa shape index (κ1) is 23.5. The molecule has 3 aromatic rings. The van der Waals surface area contributed by atoms with Crippen LogP contribution in [0.1, 0.15) is 42.5 Å².